The van der Waals surface area contributed by atoms with Gasteiger partial charge >= 0.3 is 5.97 Å². The Kier molecular flexibility index (Phi) is 6.16. The van der Waals surface area contributed by atoms with Crippen molar-refractivity contribution in [1.82, 2.24) is 4.90 Å². The summed E-state index contributed by atoms with van der Waals surface area (Å²) in [5.41, 5.74) is -2.69. The molecule has 0 aliphatic carbocycles. The highest BCUT2D eigenvalue weighted by molar-refractivity contribution is 5.80. The molecule has 1 fully saturated rings. The predicted molar refractivity (Wildman–Crippen MR) is 77.8 cm³/mol. The first kappa shape index (κ1) is 17.9. The van der Waals surface area contributed by atoms with Gasteiger partial charge < -0.3 is 20.2 Å². The number of piperidine rings is 1. The minimum absolute atomic E-state index is 0.0358. The molecule has 3 N–H and O–H groups in total. The maximum Gasteiger partial charge on any atom is 0.335 e. The molecule has 0 aromatic carbocycles. The van der Waals surface area contributed by atoms with Crippen LogP contribution in [0.5, 0.6) is 0 Å². The number of carbonyl (C=O) groups excluding carboxylic acids is 1. The lowest BCUT2D eigenvalue weighted by Crippen LogP contribution is -2.51. The fraction of sp³-hybridized carbons (Fsp3) is 0.867. The van der Waals surface area contributed by atoms with Crippen LogP contribution in [0.15, 0.2) is 0 Å². The molecule has 6 nitrogen and oxygen atoms in total. The SMILES string of the molecule is CCCC(O)(CCC)CC(=O)N1CCC(O)(C(=O)O)CC1. The third-order valence-electron chi connectivity index (χ3n) is 4.25. The molecule has 0 saturated carbocycles. The van der Waals surface area contributed by atoms with Crippen molar-refractivity contribution >= 4 is 11.9 Å². The predicted octanol–water partition coefficient (Wildman–Crippen LogP) is 1.15. The van der Waals surface area contributed by atoms with E-state index in [0.29, 0.717) is 12.8 Å². The summed E-state index contributed by atoms with van der Waals surface area (Å²) in [5.74, 6) is -1.39. The van der Waals surface area contributed by atoms with Gasteiger partial charge in [0.25, 0.3) is 0 Å². The molecule has 0 aromatic rings. The number of amides is 1. The summed E-state index contributed by atoms with van der Waals surface area (Å²) in [6, 6.07) is 0. The van der Waals surface area contributed by atoms with Crippen LogP contribution >= 0.6 is 0 Å². The van der Waals surface area contributed by atoms with Crippen molar-refractivity contribution in [3.8, 4) is 0 Å². The monoisotopic (exact) mass is 301 g/mol. The minimum atomic E-state index is -1.72. The number of carboxylic acid groups (broad SMARTS) is 1. The standard InChI is InChI=1S/C15H27NO5/c1-3-5-14(20,6-4-2)11-12(17)16-9-7-15(21,8-10-16)13(18)19/h20-21H,3-11H2,1-2H3,(H,18,19). The lowest BCUT2D eigenvalue weighted by atomic mass is 9.87. The van der Waals surface area contributed by atoms with Crippen molar-refractivity contribution in [2.24, 2.45) is 0 Å². The summed E-state index contributed by atoms with van der Waals surface area (Å²) in [6.45, 7) is 4.38. The molecule has 1 amide bonds. The van der Waals surface area contributed by atoms with E-state index in [4.69, 9.17) is 5.11 Å². The van der Waals surface area contributed by atoms with Crippen LogP contribution in [0.25, 0.3) is 0 Å². The van der Waals surface area contributed by atoms with E-state index >= 15 is 0 Å². The Bertz CT molecular complexity index is 368. The third-order valence-corrected chi connectivity index (χ3v) is 4.25. The maximum atomic E-state index is 12.3. The normalized spacial score (nSPS) is 18.6. The van der Waals surface area contributed by atoms with Crippen molar-refractivity contribution in [3.05, 3.63) is 0 Å². The third kappa shape index (κ3) is 4.68. The van der Waals surface area contributed by atoms with Gasteiger partial charge in [0, 0.05) is 25.9 Å². The summed E-state index contributed by atoms with van der Waals surface area (Å²) in [6.07, 6.45) is 2.92. The summed E-state index contributed by atoms with van der Waals surface area (Å²) in [7, 11) is 0. The Morgan fingerprint density at radius 1 is 1.14 bits per heavy atom. The van der Waals surface area contributed by atoms with Crippen molar-refractivity contribution in [3.63, 3.8) is 0 Å². The molecule has 0 atom stereocenters. The van der Waals surface area contributed by atoms with E-state index in [1.807, 2.05) is 13.8 Å². The number of nitrogens with zero attached hydrogens (tertiary/aromatic N) is 1. The Hall–Kier alpha value is -1.14. The molecule has 1 saturated heterocycles. The summed E-state index contributed by atoms with van der Waals surface area (Å²) in [5, 5.41) is 29.3. The van der Waals surface area contributed by atoms with Gasteiger partial charge in [-0.25, -0.2) is 4.79 Å². The van der Waals surface area contributed by atoms with Crippen LogP contribution in [-0.4, -0.2) is 56.4 Å². The van der Waals surface area contributed by atoms with Crippen molar-refractivity contribution in [1.29, 1.82) is 0 Å². The Morgan fingerprint density at radius 3 is 2.00 bits per heavy atom. The molecule has 6 heteroatoms. The second-order valence-corrected chi connectivity index (χ2v) is 6.12. The molecule has 1 rings (SSSR count). The second kappa shape index (κ2) is 7.22. The molecule has 0 unspecified atom stereocenters. The summed E-state index contributed by atoms with van der Waals surface area (Å²) in [4.78, 5) is 24.8. The number of rotatable bonds is 7. The van der Waals surface area contributed by atoms with E-state index in [1.54, 1.807) is 4.90 Å². The van der Waals surface area contributed by atoms with E-state index in [2.05, 4.69) is 0 Å². The van der Waals surface area contributed by atoms with Crippen LogP contribution in [-0.2, 0) is 9.59 Å². The number of hydrogen-bond acceptors (Lipinski definition) is 4. The van der Waals surface area contributed by atoms with Crippen LogP contribution in [0.1, 0.15) is 58.8 Å². The van der Waals surface area contributed by atoms with Gasteiger partial charge in [-0.3, -0.25) is 4.79 Å². The molecule has 0 aromatic heterocycles. The molecule has 0 bridgehead atoms. The number of carbonyl (C=O) groups is 2. The Morgan fingerprint density at radius 2 is 1.62 bits per heavy atom. The lowest BCUT2D eigenvalue weighted by molar-refractivity contribution is -0.166. The first-order valence-electron chi connectivity index (χ1n) is 7.72. The van der Waals surface area contributed by atoms with E-state index < -0.39 is 17.2 Å². The van der Waals surface area contributed by atoms with Gasteiger partial charge in [-0.05, 0) is 12.8 Å². The van der Waals surface area contributed by atoms with Gasteiger partial charge in [0.1, 0.15) is 0 Å². The Balaban J connectivity index is 2.59. The molecule has 122 valence electrons. The summed E-state index contributed by atoms with van der Waals surface area (Å²) < 4.78 is 0. The smallest absolute Gasteiger partial charge is 0.335 e. The van der Waals surface area contributed by atoms with Crippen LogP contribution in [0.2, 0.25) is 0 Å². The first-order chi connectivity index (χ1) is 9.76. The van der Waals surface area contributed by atoms with Gasteiger partial charge in [0.05, 0.1) is 12.0 Å². The van der Waals surface area contributed by atoms with E-state index in [1.165, 1.54) is 0 Å². The van der Waals surface area contributed by atoms with Crippen LogP contribution < -0.4 is 0 Å². The zero-order valence-corrected chi connectivity index (χ0v) is 13.0. The second-order valence-electron chi connectivity index (χ2n) is 6.12. The fourth-order valence-electron chi connectivity index (χ4n) is 2.97. The zero-order chi connectivity index (χ0) is 16.1. The average Bonchev–Trinajstić information content (AvgIpc) is 2.39. The molecule has 21 heavy (non-hydrogen) atoms. The van der Waals surface area contributed by atoms with Crippen LogP contribution in [0, 0.1) is 0 Å². The van der Waals surface area contributed by atoms with Crippen LogP contribution in [0.3, 0.4) is 0 Å². The zero-order valence-electron chi connectivity index (χ0n) is 13.0. The Labute approximate surface area is 125 Å². The molecule has 0 radical (unpaired) electrons. The first-order valence-corrected chi connectivity index (χ1v) is 7.72. The van der Waals surface area contributed by atoms with E-state index in [9.17, 15) is 19.8 Å². The van der Waals surface area contributed by atoms with E-state index in [-0.39, 0.29) is 38.3 Å². The minimum Gasteiger partial charge on any atom is -0.479 e. The topological polar surface area (TPSA) is 98.1 Å². The highest BCUT2D eigenvalue weighted by Gasteiger charge is 2.41. The van der Waals surface area contributed by atoms with Gasteiger partial charge in [0.15, 0.2) is 5.60 Å². The lowest BCUT2D eigenvalue weighted by Gasteiger charge is -2.37. The highest BCUT2D eigenvalue weighted by atomic mass is 16.4. The number of hydrogen-bond donors (Lipinski definition) is 3. The van der Waals surface area contributed by atoms with Gasteiger partial charge in [-0.2, -0.15) is 0 Å². The number of carboxylic acids is 1. The number of likely N-dealkylation sites (tertiary alicyclic amines) is 1. The molecule has 0 spiro atoms. The van der Waals surface area contributed by atoms with Crippen molar-refractivity contribution in [2.45, 2.75) is 70.0 Å². The van der Waals surface area contributed by atoms with Gasteiger partial charge in [-0.1, -0.05) is 26.7 Å². The van der Waals surface area contributed by atoms with Gasteiger partial charge in [-0.15, -0.1) is 0 Å². The van der Waals surface area contributed by atoms with E-state index in [0.717, 1.165) is 12.8 Å². The molecule has 1 heterocycles. The maximum absolute atomic E-state index is 12.3. The van der Waals surface area contributed by atoms with Gasteiger partial charge in [0.2, 0.25) is 5.91 Å². The molecular formula is C15H27NO5. The molecule has 1 aliphatic rings. The average molecular weight is 301 g/mol. The fourth-order valence-corrected chi connectivity index (χ4v) is 2.97. The largest absolute Gasteiger partial charge is 0.479 e. The number of aliphatic hydroxyl groups is 2. The van der Waals surface area contributed by atoms with Crippen molar-refractivity contribution < 1.29 is 24.9 Å². The quantitative estimate of drug-likeness (QED) is 0.655. The van der Waals surface area contributed by atoms with Crippen LogP contribution in [0.4, 0.5) is 0 Å². The highest BCUT2D eigenvalue weighted by Crippen LogP contribution is 2.27. The molecule has 1 aliphatic heterocycles. The van der Waals surface area contributed by atoms with Crippen molar-refractivity contribution in [2.75, 3.05) is 13.1 Å². The molecular weight excluding hydrogens is 274 g/mol. The summed E-state index contributed by atoms with van der Waals surface area (Å²) >= 11 is 0. The number of aliphatic carboxylic acids is 1.